The molecule has 0 heterocycles. The van der Waals surface area contributed by atoms with Crippen molar-refractivity contribution in [3.8, 4) is 5.75 Å². The van der Waals surface area contributed by atoms with Crippen LogP contribution in [-0.4, -0.2) is 53.5 Å². The van der Waals surface area contributed by atoms with Crippen LogP contribution in [0.5, 0.6) is 5.75 Å². The number of halogens is 1. The number of allylic oxidation sites excluding steroid dienone is 1. The SMILES string of the molecule is C=C(CBr)c1ccccc1.CC.CCCC(C)(C)CS/C(N)=N/C(=S)Nc1ccc(OCCN(C)C)cc1. The summed E-state index contributed by atoms with van der Waals surface area (Å²) < 4.78 is 5.67. The lowest BCUT2D eigenvalue weighted by Crippen LogP contribution is -2.20. The van der Waals surface area contributed by atoms with Crippen LogP contribution in [0.4, 0.5) is 5.69 Å². The van der Waals surface area contributed by atoms with E-state index in [-0.39, 0.29) is 5.41 Å². The van der Waals surface area contributed by atoms with Gasteiger partial charge in [-0.25, -0.2) is 0 Å². The van der Waals surface area contributed by atoms with Gasteiger partial charge in [-0.3, -0.25) is 0 Å². The van der Waals surface area contributed by atoms with Crippen molar-refractivity contribution >= 4 is 61.5 Å². The van der Waals surface area contributed by atoms with Crippen LogP contribution in [0.3, 0.4) is 0 Å². The molecule has 0 saturated heterocycles. The second kappa shape index (κ2) is 21.0. The highest BCUT2D eigenvalue weighted by molar-refractivity contribution is 9.09. The van der Waals surface area contributed by atoms with Crippen molar-refractivity contribution in [3.05, 3.63) is 66.7 Å². The van der Waals surface area contributed by atoms with Gasteiger partial charge < -0.3 is 20.7 Å². The highest BCUT2D eigenvalue weighted by Crippen LogP contribution is 2.27. The Hall–Kier alpha value is -1.87. The topological polar surface area (TPSA) is 62.9 Å². The summed E-state index contributed by atoms with van der Waals surface area (Å²) in [5.41, 5.74) is 9.44. The fraction of sp³-hybridized carbons (Fsp3) is 0.467. The van der Waals surface area contributed by atoms with E-state index >= 15 is 0 Å². The van der Waals surface area contributed by atoms with E-state index < -0.39 is 0 Å². The first kappa shape index (κ1) is 36.1. The lowest BCUT2D eigenvalue weighted by molar-refractivity contribution is 0.261. The van der Waals surface area contributed by atoms with Crippen LogP contribution in [0.2, 0.25) is 0 Å². The summed E-state index contributed by atoms with van der Waals surface area (Å²) in [5.74, 6) is 1.76. The van der Waals surface area contributed by atoms with Crippen molar-refractivity contribution in [2.24, 2.45) is 16.1 Å². The van der Waals surface area contributed by atoms with Crippen LogP contribution in [0.15, 0.2) is 66.2 Å². The van der Waals surface area contributed by atoms with Gasteiger partial charge in [-0.15, -0.1) is 0 Å². The van der Waals surface area contributed by atoms with E-state index in [1.54, 1.807) is 11.8 Å². The summed E-state index contributed by atoms with van der Waals surface area (Å²) in [6.45, 7) is 16.1. The zero-order valence-electron chi connectivity index (χ0n) is 24.2. The first-order valence-corrected chi connectivity index (χ1v) is 15.5. The maximum atomic E-state index is 6.00. The van der Waals surface area contributed by atoms with Crippen molar-refractivity contribution in [1.29, 1.82) is 0 Å². The van der Waals surface area contributed by atoms with Crippen LogP contribution in [0, 0.1) is 5.41 Å². The summed E-state index contributed by atoms with van der Waals surface area (Å²) in [6, 6.07) is 17.8. The van der Waals surface area contributed by atoms with E-state index in [1.807, 2.05) is 70.4 Å². The summed E-state index contributed by atoms with van der Waals surface area (Å²) in [6.07, 6.45) is 2.33. The van der Waals surface area contributed by atoms with Gasteiger partial charge in [0.05, 0.1) is 0 Å². The molecule has 2 aromatic rings. The first-order valence-electron chi connectivity index (χ1n) is 13.0. The highest BCUT2D eigenvalue weighted by atomic mass is 79.9. The molecule has 0 radical (unpaired) electrons. The number of likely N-dealkylation sites (N-methyl/N-ethyl adjacent to an activating group) is 1. The molecule has 0 aliphatic carbocycles. The molecular weight excluding hydrogens is 576 g/mol. The molecule has 0 atom stereocenters. The van der Waals surface area contributed by atoms with Crippen molar-refractivity contribution in [2.45, 2.75) is 47.5 Å². The van der Waals surface area contributed by atoms with Crippen molar-refractivity contribution in [3.63, 3.8) is 0 Å². The monoisotopic (exact) mass is 622 g/mol. The number of rotatable bonds is 11. The number of thiocarbonyl (C=S) groups is 1. The van der Waals surface area contributed by atoms with Crippen LogP contribution < -0.4 is 15.8 Å². The minimum Gasteiger partial charge on any atom is -0.492 e. The fourth-order valence-electron chi connectivity index (χ4n) is 3.03. The Kier molecular flexibility index (Phi) is 20.0. The Morgan fingerprint density at radius 1 is 1.13 bits per heavy atom. The van der Waals surface area contributed by atoms with E-state index in [0.29, 0.717) is 16.9 Å². The van der Waals surface area contributed by atoms with Gasteiger partial charge >= 0.3 is 0 Å². The number of ether oxygens (including phenoxy) is 1. The van der Waals surface area contributed by atoms with E-state index in [0.717, 1.165) is 34.6 Å². The summed E-state index contributed by atoms with van der Waals surface area (Å²) in [5, 5.41) is 4.79. The average Bonchev–Trinajstić information content (AvgIpc) is 2.90. The predicted octanol–water partition coefficient (Wildman–Crippen LogP) is 8.32. The zero-order valence-corrected chi connectivity index (χ0v) is 27.4. The third-order valence-corrected chi connectivity index (χ3v) is 7.19. The van der Waals surface area contributed by atoms with Gasteiger partial charge in [0.15, 0.2) is 10.3 Å². The molecule has 0 amide bonds. The normalized spacial score (nSPS) is 11.0. The second-order valence-electron chi connectivity index (χ2n) is 9.36. The number of nitrogens with zero attached hydrogens (tertiary/aromatic N) is 2. The smallest absolute Gasteiger partial charge is 0.199 e. The molecule has 2 aromatic carbocycles. The first-order chi connectivity index (χ1) is 18.1. The Labute approximate surface area is 249 Å². The number of thioether (sulfide) groups is 1. The van der Waals surface area contributed by atoms with Gasteiger partial charge in [0.25, 0.3) is 0 Å². The minimum atomic E-state index is 0.247. The molecule has 2 rings (SSSR count). The highest BCUT2D eigenvalue weighted by Gasteiger charge is 2.17. The Morgan fingerprint density at radius 3 is 2.26 bits per heavy atom. The Bertz CT molecular complexity index is 948. The fourth-order valence-corrected chi connectivity index (χ4v) is 4.47. The molecule has 212 valence electrons. The molecule has 0 aromatic heterocycles. The van der Waals surface area contributed by atoms with E-state index in [9.17, 15) is 0 Å². The summed E-state index contributed by atoms with van der Waals surface area (Å²) >= 11 is 10.2. The Morgan fingerprint density at radius 2 is 1.74 bits per heavy atom. The molecule has 0 aliphatic rings. The number of anilines is 1. The van der Waals surface area contributed by atoms with Gasteiger partial charge in [0.1, 0.15) is 12.4 Å². The molecule has 8 heteroatoms. The van der Waals surface area contributed by atoms with E-state index in [1.165, 1.54) is 18.4 Å². The molecule has 5 nitrogen and oxygen atoms in total. The van der Waals surface area contributed by atoms with E-state index in [4.69, 9.17) is 22.7 Å². The molecule has 3 N–H and O–H groups in total. The number of nitrogens with one attached hydrogen (secondary N) is 1. The molecular formula is C30H47BrN4OS2. The molecule has 0 fully saturated rings. The number of alkyl halides is 1. The third-order valence-electron chi connectivity index (χ3n) is 5.01. The number of aliphatic imine (C=N–C) groups is 1. The van der Waals surface area contributed by atoms with E-state index in [2.05, 4.69) is 70.6 Å². The van der Waals surface area contributed by atoms with Crippen molar-refractivity contribution in [2.75, 3.05) is 43.6 Å². The van der Waals surface area contributed by atoms with Gasteiger partial charge in [0.2, 0.25) is 0 Å². The number of hydrogen-bond donors (Lipinski definition) is 2. The van der Waals surface area contributed by atoms with Gasteiger partial charge in [0, 0.05) is 23.3 Å². The number of nitrogens with two attached hydrogens (primary N) is 1. The molecule has 38 heavy (non-hydrogen) atoms. The number of benzene rings is 2. The van der Waals surface area contributed by atoms with Gasteiger partial charge in [-0.1, -0.05) is 106 Å². The minimum absolute atomic E-state index is 0.247. The predicted molar refractivity (Wildman–Crippen MR) is 180 cm³/mol. The maximum absolute atomic E-state index is 6.00. The Balaban J connectivity index is 0.000000944. The summed E-state index contributed by atoms with van der Waals surface area (Å²) in [7, 11) is 4.04. The largest absolute Gasteiger partial charge is 0.492 e. The van der Waals surface area contributed by atoms with Crippen LogP contribution in [-0.2, 0) is 0 Å². The van der Waals surface area contributed by atoms with Crippen LogP contribution >= 0.6 is 39.9 Å². The lowest BCUT2D eigenvalue weighted by atomic mass is 9.91. The number of hydrogen-bond acceptors (Lipinski definition) is 4. The maximum Gasteiger partial charge on any atom is 0.199 e. The van der Waals surface area contributed by atoms with Crippen molar-refractivity contribution < 1.29 is 4.74 Å². The zero-order chi connectivity index (χ0) is 29.0. The lowest BCUT2D eigenvalue weighted by Gasteiger charge is -2.22. The van der Waals surface area contributed by atoms with Crippen LogP contribution in [0.25, 0.3) is 5.57 Å². The number of amidine groups is 1. The van der Waals surface area contributed by atoms with Crippen molar-refractivity contribution in [1.82, 2.24) is 4.90 Å². The van der Waals surface area contributed by atoms with Crippen LogP contribution in [0.1, 0.15) is 53.0 Å². The molecule has 0 bridgehead atoms. The molecule has 0 saturated carbocycles. The third kappa shape index (κ3) is 17.6. The molecule has 0 spiro atoms. The van der Waals surface area contributed by atoms with Gasteiger partial charge in [-0.05, 0) is 73.6 Å². The standard InChI is InChI=1S/C19H32N4OS2.C9H9Br.C2H6/c1-6-11-19(2,3)14-26-17(20)22-18(25)21-15-7-9-16(10-8-15)24-13-12-23(4)5;1-8(7-10)9-5-3-2-4-6-9;1-2/h7-10H,6,11-14H2,1-5H3,(H3,20,21,22,25);2-6H,1,7H2;1-2H3. The average molecular weight is 624 g/mol. The van der Waals surface area contributed by atoms with Gasteiger partial charge in [-0.2, -0.15) is 4.99 Å². The molecule has 0 unspecified atom stereocenters. The second-order valence-corrected chi connectivity index (χ2v) is 11.3. The summed E-state index contributed by atoms with van der Waals surface area (Å²) in [4.78, 5) is 6.35. The molecule has 0 aliphatic heterocycles. The quantitative estimate of drug-likeness (QED) is 0.114.